The summed E-state index contributed by atoms with van der Waals surface area (Å²) in [6, 6.07) is 8.32. The number of aryl methyl sites for hydroxylation is 1. The van der Waals surface area contributed by atoms with Gasteiger partial charge >= 0.3 is 0 Å². The van der Waals surface area contributed by atoms with Crippen molar-refractivity contribution in [1.29, 1.82) is 0 Å². The number of carbonyl (C=O) groups is 1. The number of benzene rings is 1. The molecule has 1 atom stereocenters. The highest BCUT2D eigenvalue weighted by Gasteiger charge is 2.20. The van der Waals surface area contributed by atoms with Crippen LogP contribution in [0.1, 0.15) is 38.3 Å². The predicted molar refractivity (Wildman–Crippen MR) is 77.7 cm³/mol. The summed E-state index contributed by atoms with van der Waals surface area (Å²) in [5.41, 5.74) is 2.42. The van der Waals surface area contributed by atoms with Crippen molar-refractivity contribution in [2.24, 2.45) is 11.8 Å². The maximum absolute atomic E-state index is 11.9. The lowest BCUT2D eigenvalue weighted by Crippen LogP contribution is -2.35. The van der Waals surface area contributed by atoms with Crippen LogP contribution in [0.2, 0.25) is 0 Å². The molecule has 0 heterocycles. The molecule has 0 aliphatic carbocycles. The molecule has 0 radical (unpaired) electrons. The Morgan fingerprint density at radius 2 is 1.79 bits per heavy atom. The van der Waals surface area contributed by atoms with E-state index < -0.39 is 0 Å². The summed E-state index contributed by atoms with van der Waals surface area (Å²) in [6.45, 7) is 6.47. The molecule has 0 saturated carbocycles. The van der Waals surface area contributed by atoms with E-state index in [0.717, 1.165) is 18.4 Å². The van der Waals surface area contributed by atoms with Gasteiger partial charge in [0, 0.05) is 6.54 Å². The third kappa shape index (κ3) is 5.03. The normalized spacial score (nSPS) is 12.5. The number of aliphatic hydroxyl groups is 1. The Balaban J connectivity index is 2.49. The van der Waals surface area contributed by atoms with E-state index in [4.69, 9.17) is 0 Å². The van der Waals surface area contributed by atoms with E-state index in [-0.39, 0.29) is 24.3 Å². The van der Waals surface area contributed by atoms with Crippen molar-refractivity contribution >= 4 is 5.91 Å². The van der Waals surface area contributed by atoms with E-state index in [1.807, 2.05) is 13.8 Å². The van der Waals surface area contributed by atoms with Gasteiger partial charge in [-0.15, -0.1) is 0 Å². The molecular weight excluding hydrogens is 238 g/mol. The maximum Gasteiger partial charge on any atom is 0.225 e. The standard InChI is InChI=1S/C16H25NO2/c1-4-5-13-6-8-14(9-7-13)10-17-16(19)15(11-18)12(2)3/h6-9,12,15,18H,4-5,10-11H2,1-3H3,(H,17,19). The fourth-order valence-electron chi connectivity index (χ4n) is 2.03. The molecule has 3 nitrogen and oxygen atoms in total. The second-order valence-electron chi connectivity index (χ2n) is 5.32. The Morgan fingerprint density at radius 1 is 1.21 bits per heavy atom. The Bertz CT molecular complexity index is 384. The van der Waals surface area contributed by atoms with Crippen LogP contribution in [0.5, 0.6) is 0 Å². The lowest BCUT2D eigenvalue weighted by Gasteiger charge is -2.17. The molecule has 3 heteroatoms. The van der Waals surface area contributed by atoms with Gasteiger partial charge < -0.3 is 10.4 Å². The Hall–Kier alpha value is -1.35. The molecule has 0 spiro atoms. The van der Waals surface area contributed by atoms with Crippen LogP contribution in [-0.2, 0) is 17.8 Å². The van der Waals surface area contributed by atoms with Crippen LogP contribution in [0.3, 0.4) is 0 Å². The molecule has 106 valence electrons. The third-order valence-corrected chi connectivity index (χ3v) is 3.37. The van der Waals surface area contributed by atoms with Gasteiger partial charge in [-0.05, 0) is 23.5 Å². The summed E-state index contributed by atoms with van der Waals surface area (Å²) in [7, 11) is 0. The summed E-state index contributed by atoms with van der Waals surface area (Å²) >= 11 is 0. The highest BCUT2D eigenvalue weighted by molar-refractivity contribution is 5.78. The highest BCUT2D eigenvalue weighted by Crippen LogP contribution is 2.11. The van der Waals surface area contributed by atoms with Crippen molar-refractivity contribution in [3.8, 4) is 0 Å². The molecule has 0 saturated heterocycles. The molecule has 1 unspecified atom stereocenters. The summed E-state index contributed by atoms with van der Waals surface area (Å²) in [6.07, 6.45) is 2.23. The molecule has 1 aromatic carbocycles. The SMILES string of the molecule is CCCc1ccc(CNC(=O)C(CO)C(C)C)cc1. The quantitative estimate of drug-likeness (QED) is 0.794. The first kappa shape index (κ1) is 15.7. The topological polar surface area (TPSA) is 49.3 Å². The van der Waals surface area contributed by atoms with Gasteiger partial charge in [-0.25, -0.2) is 0 Å². The molecule has 0 aliphatic heterocycles. The monoisotopic (exact) mass is 263 g/mol. The van der Waals surface area contributed by atoms with E-state index in [1.165, 1.54) is 5.56 Å². The van der Waals surface area contributed by atoms with Crippen LogP contribution in [0.15, 0.2) is 24.3 Å². The minimum Gasteiger partial charge on any atom is -0.396 e. The highest BCUT2D eigenvalue weighted by atomic mass is 16.3. The number of nitrogens with one attached hydrogen (secondary N) is 1. The van der Waals surface area contributed by atoms with Gasteiger partial charge in [0.25, 0.3) is 0 Å². The smallest absolute Gasteiger partial charge is 0.225 e. The number of carbonyl (C=O) groups excluding carboxylic acids is 1. The van der Waals surface area contributed by atoms with E-state index in [9.17, 15) is 9.90 Å². The minimum absolute atomic E-state index is 0.0739. The average molecular weight is 263 g/mol. The van der Waals surface area contributed by atoms with Gasteiger partial charge in [-0.3, -0.25) is 4.79 Å². The number of rotatable bonds is 7. The van der Waals surface area contributed by atoms with Crippen LogP contribution < -0.4 is 5.32 Å². The van der Waals surface area contributed by atoms with Gasteiger partial charge in [0.1, 0.15) is 0 Å². The first-order chi connectivity index (χ1) is 9.08. The van der Waals surface area contributed by atoms with Crippen LogP contribution in [0.4, 0.5) is 0 Å². The van der Waals surface area contributed by atoms with E-state index in [1.54, 1.807) is 0 Å². The minimum atomic E-state index is -0.320. The van der Waals surface area contributed by atoms with Gasteiger partial charge in [0.15, 0.2) is 0 Å². The van der Waals surface area contributed by atoms with Crippen LogP contribution in [0, 0.1) is 11.8 Å². The number of hydrogen-bond acceptors (Lipinski definition) is 2. The van der Waals surface area contributed by atoms with Crippen LogP contribution in [-0.4, -0.2) is 17.6 Å². The van der Waals surface area contributed by atoms with Gasteiger partial charge in [-0.1, -0.05) is 51.5 Å². The van der Waals surface area contributed by atoms with Crippen LogP contribution >= 0.6 is 0 Å². The number of amides is 1. The zero-order valence-electron chi connectivity index (χ0n) is 12.1. The molecule has 0 aliphatic rings. The maximum atomic E-state index is 11.9. The fraction of sp³-hybridized carbons (Fsp3) is 0.562. The summed E-state index contributed by atoms with van der Waals surface area (Å²) in [4.78, 5) is 11.9. The second-order valence-corrected chi connectivity index (χ2v) is 5.32. The zero-order valence-corrected chi connectivity index (χ0v) is 12.1. The lowest BCUT2D eigenvalue weighted by atomic mass is 9.96. The Kier molecular flexibility index (Phi) is 6.57. The van der Waals surface area contributed by atoms with E-state index >= 15 is 0 Å². The largest absolute Gasteiger partial charge is 0.396 e. The molecule has 0 aromatic heterocycles. The molecule has 0 bridgehead atoms. The van der Waals surface area contributed by atoms with Crippen molar-refractivity contribution in [2.45, 2.75) is 40.2 Å². The van der Waals surface area contributed by atoms with Crippen molar-refractivity contribution in [1.82, 2.24) is 5.32 Å². The van der Waals surface area contributed by atoms with Crippen molar-refractivity contribution in [2.75, 3.05) is 6.61 Å². The molecular formula is C16H25NO2. The molecule has 1 aromatic rings. The number of hydrogen-bond donors (Lipinski definition) is 2. The zero-order chi connectivity index (χ0) is 14.3. The Labute approximate surface area is 116 Å². The molecule has 19 heavy (non-hydrogen) atoms. The molecule has 0 fully saturated rings. The van der Waals surface area contributed by atoms with E-state index in [2.05, 4.69) is 36.5 Å². The molecule has 1 rings (SSSR count). The van der Waals surface area contributed by atoms with E-state index in [0.29, 0.717) is 6.54 Å². The first-order valence-electron chi connectivity index (χ1n) is 7.04. The average Bonchev–Trinajstić information content (AvgIpc) is 2.38. The van der Waals surface area contributed by atoms with Crippen molar-refractivity contribution in [3.63, 3.8) is 0 Å². The van der Waals surface area contributed by atoms with Gasteiger partial charge in [-0.2, -0.15) is 0 Å². The summed E-state index contributed by atoms with van der Waals surface area (Å²) < 4.78 is 0. The van der Waals surface area contributed by atoms with Crippen LogP contribution in [0.25, 0.3) is 0 Å². The fourth-order valence-corrected chi connectivity index (χ4v) is 2.03. The molecule has 1 amide bonds. The first-order valence-corrected chi connectivity index (χ1v) is 7.04. The predicted octanol–water partition coefficient (Wildman–Crippen LogP) is 2.52. The molecule has 2 N–H and O–H groups in total. The number of aliphatic hydroxyl groups excluding tert-OH is 1. The Morgan fingerprint density at radius 3 is 2.26 bits per heavy atom. The van der Waals surface area contributed by atoms with Crippen molar-refractivity contribution < 1.29 is 9.90 Å². The van der Waals surface area contributed by atoms with Gasteiger partial charge in [0.05, 0.1) is 12.5 Å². The second kappa shape index (κ2) is 7.95. The summed E-state index contributed by atoms with van der Waals surface area (Å²) in [5.74, 6) is -0.244. The lowest BCUT2D eigenvalue weighted by molar-refractivity contribution is -0.127. The summed E-state index contributed by atoms with van der Waals surface area (Å²) in [5, 5.41) is 12.1. The third-order valence-electron chi connectivity index (χ3n) is 3.37. The van der Waals surface area contributed by atoms with Gasteiger partial charge in [0.2, 0.25) is 5.91 Å². The van der Waals surface area contributed by atoms with Crippen molar-refractivity contribution in [3.05, 3.63) is 35.4 Å².